The summed E-state index contributed by atoms with van der Waals surface area (Å²) in [6, 6.07) is 7.37. The van der Waals surface area contributed by atoms with Crippen LogP contribution in [0.25, 0.3) is 12.2 Å². The van der Waals surface area contributed by atoms with Gasteiger partial charge in [0, 0.05) is 11.6 Å². The van der Waals surface area contributed by atoms with Crippen LogP contribution in [0.4, 0.5) is 0 Å². The first-order valence-corrected chi connectivity index (χ1v) is 7.81. The van der Waals surface area contributed by atoms with Crippen LogP contribution >= 0.6 is 0 Å². The van der Waals surface area contributed by atoms with E-state index in [4.69, 9.17) is 4.74 Å². The number of hydrogen-bond acceptors (Lipinski definition) is 5. The van der Waals surface area contributed by atoms with Gasteiger partial charge in [0.1, 0.15) is 23.0 Å². The average Bonchev–Trinajstić information content (AvgIpc) is 2.60. The Balaban J connectivity index is 2.32. The molecule has 0 unspecified atom stereocenters. The average molecular weight is 352 g/mol. The van der Waals surface area contributed by atoms with Crippen LogP contribution in [-0.4, -0.2) is 28.2 Å². The summed E-state index contributed by atoms with van der Waals surface area (Å²) in [5.74, 6) is -0.475. The molecule has 0 aliphatic heterocycles. The first kappa shape index (κ1) is 18.9. The third-order valence-electron chi connectivity index (χ3n) is 3.65. The van der Waals surface area contributed by atoms with Crippen molar-refractivity contribution in [1.29, 1.82) is 0 Å². The minimum Gasteiger partial charge on any atom is -0.507 e. The fourth-order valence-electron chi connectivity index (χ4n) is 2.23. The fourth-order valence-corrected chi connectivity index (χ4v) is 2.23. The smallest absolute Gasteiger partial charge is 0.189 e. The SMILES string of the molecule is C=C(C)/C=C/c1c(O)ccc(C(=O)/C=C/c2ccc(OC)cc2O)c1O. The van der Waals surface area contributed by atoms with Crippen molar-refractivity contribution < 1.29 is 24.9 Å². The van der Waals surface area contributed by atoms with Crippen molar-refractivity contribution in [3.63, 3.8) is 0 Å². The monoisotopic (exact) mass is 352 g/mol. The number of ketones is 1. The third kappa shape index (κ3) is 4.33. The molecule has 0 saturated carbocycles. The molecule has 26 heavy (non-hydrogen) atoms. The first-order valence-electron chi connectivity index (χ1n) is 7.81. The number of hydrogen-bond donors (Lipinski definition) is 3. The van der Waals surface area contributed by atoms with Crippen molar-refractivity contribution in [2.24, 2.45) is 0 Å². The number of methoxy groups -OCH3 is 1. The zero-order valence-electron chi connectivity index (χ0n) is 14.6. The van der Waals surface area contributed by atoms with Gasteiger partial charge in [0.25, 0.3) is 0 Å². The minimum absolute atomic E-state index is 0.0339. The molecule has 5 heteroatoms. The van der Waals surface area contributed by atoms with E-state index in [0.717, 1.165) is 5.57 Å². The highest BCUT2D eigenvalue weighted by molar-refractivity contribution is 6.09. The number of aromatic hydroxyl groups is 3. The summed E-state index contributed by atoms with van der Waals surface area (Å²) in [5, 5.41) is 30.1. The van der Waals surface area contributed by atoms with Crippen molar-refractivity contribution in [1.82, 2.24) is 0 Å². The summed E-state index contributed by atoms with van der Waals surface area (Å²) in [7, 11) is 1.49. The van der Waals surface area contributed by atoms with Crippen molar-refractivity contribution in [2.75, 3.05) is 7.11 Å². The van der Waals surface area contributed by atoms with Gasteiger partial charge in [0.2, 0.25) is 0 Å². The Morgan fingerprint density at radius 1 is 1.04 bits per heavy atom. The molecule has 0 fully saturated rings. The molecular weight excluding hydrogens is 332 g/mol. The van der Waals surface area contributed by atoms with Crippen LogP contribution in [0.1, 0.15) is 28.4 Å². The second-order valence-corrected chi connectivity index (χ2v) is 5.70. The van der Waals surface area contributed by atoms with E-state index in [-0.39, 0.29) is 28.4 Å². The second kappa shape index (κ2) is 8.07. The van der Waals surface area contributed by atoms with Crippen molar-refractivity contribution in [3.05, 3.63) is 71.3 Å². The van der Waals surface area contributed by atoms with Gasteiger partial charge in [-0.1, -0.05) is 18.2 Å². The number of carbonyl (C=O) groups excluding carboxylic acids is 1. The normalized spacial score (nSPS) is 11.2. The van der Waals surface area contributed by atoms with Crippen LogP contribution in [0, 0.1) is 0 Å². The van der Waals surface area contributed by atoms with Crippen LogP contribution in [0.15, 0.2) is 54.6 Å². The molecule has 0 aliphatic rings. The molecule has 134 valence electrons. The Kier molecular flexibility index (Phi) is 5.86. The van der Waals surface area contributed by atoms with Gasteiger partial charge in [0.05, 0.1) is 18.2 Å². The van der Waals surface area contributed by atoms with Gasteiger partial charge in [-0.2, -0.15) is 0 Å². The second-order valence-electron chi connectivity index (χ2n) is 5.70. The molecule has 0 radical (unpaired) electrons. The molecule has 0 heterocycles. The van der Waals surface area contributed by atoms with Crippen LogP contribution < -0.4 is 4.74 Å². The number of benzene rings is 2. The maximum Gasteiger partial charge on any atom is 0.189 e. The molecule has 0 amide bonds. The van der Waals surface area contributed by atoms with Gasteiger partial charge in [-0.3, -0.25) is 4.79 Å². The molecule has 0 spiro atoms. The quantitative estimate of drug-likeness (QED) is 0.410. The van der Waals surface area contributed by atoms with Crippen molar-refractivity contribution in [3.8, 4) is 23.0 Å². The van der Waals surface area contributed by atoms with Crippen LogP contribution in [0.3, 0.4) is 0 Å². The summed E-state index contributed by atoms with van der Waals surface area (Å²) < 4.78 is 5.00. The minimum atomic E-state index is -0.470. The molecule has 0 aromatic heterocycles. The van der Waals surface area contributed by atoms with Crippen molar-refractivity contribution >= 4 is 17.9 Å². The fraction of sp³-hybridized carbons (Fsp3) is 0.0952. The Bertz CT molecular complexity index is 907. The van der Waals surface area contributed by atoms with Gasteiger partial charge in [-0.25, -0.2) is 0 Å². The van der Waals surface area contributed by atoms with Gasteiger partial charge >= 0.3 is 0 Å². The molecule has 2 aromatic carbocycles. The Morgan fingerprint density at radius 2 is 1.77 bits per heavy atom. The first-order chi connectivity index (χ1) is 12.3. The molecular formula is C21H20O5. The van der Waals surface area contributed by atoms with Crippen LogP contribution in [-0.2, 0) is 0 Å². The third-order valence-corrected chi connectivity index (χ3v) is 3.65. The summed E-state index contributed by atoms with van der Waals surface area (Å²) in [6.07, 6.45) is 5.78. The highest BCUT2D eigenvalue weighted by atomic mass is 16.5. The molecule has 5 nitrogen and oxygen atoms in total. The molecule has 0 atom stereocenters. The van der Waals surface area contributed by atoms with E-state index >= 15 is 0 Å². The number of carbonyl (C=O) groups is 1. The zero-order valence-corrected chi connectivity index (χ0v) is 14.6. The molecule has 0 bridgehead atoms. The predicted molar refractivity (Wildman–Crippen MR) is 102 cm³/mol. The number of ether oxygens (including phenoxy) is 1. The summed E-state index contributed by atoms with van der Waals surface area (Å²) in [4.78, 5) is 12.4. The lowest BCUT2D eigenvalue weighted by molar-refractivity contribution is 0.104. The predicted octanol–water partition coefficient (Wildman–Crippen LogP) is 4.30. The molecule has 3 N–H and O–H groups in total. The van der Waals surface area contributed by atoms with Gasteiger partial charge < -0.3 is 20.1 Å². The lowest BCUT2D eigenvalue weighted by Crippen LogP contribution is -1.96. The van der Waals surface area contributed by atoms with E-state index in [1.54, 1.807) is 25.1 Å². The zero-order chi connectivity index (χ0) is 19.3. The molecule has 2 rings (SSSR count). The Morgan fingerprint density at radius 3 is 2.38 bits per heavy atom. The van der Waals surface area contributed by atoms with E-state index in [9.17, 15) is 20.1 Å². The summed E-state index contributed by atoms with van der Waals surface area (Å²) >= 11 is 0. The molecule has 0 aliphatic carbocycles. The van der Waals surface area contributed by atoms with Gasteiger partial charge in [-0.05, 0) is 49.4 Å². The Hall–Kier alpha value is -3.47. The maximum absolute atomic E-state index is 12.4. The molecule has 0 saturated heterocycles. The van der Waals surface area contributed by atoms with Crippen molar-refractivity contribution in [2.45, 2.75) is 6.92 Å². The van der Waals surface area contributed by atoms with Gasteiger partial charge in [0.15, 0.2) is 5.78 Å². The van der Waals surface area contributed by atoms with Crippen LogP contribution in [0.5, 0.6) is 23.0 Å². The maximum atomic E-state index is 12.4. The van der Waals surface area contributed by atoms with E-state index in [0.29, 0.717) is 11.3 Å². The number of allylic oxidation sites excluding steroid dienone is 3. The van der Waals surface area contributed by atoms with E-state index in [2.05, 4.69) is 6.58 Å². The number of rotatable bonds is 6. The lowest BCUT2D eigenvalue weighted by atomic mass is 10.0. The highest BCUT2D eigenvalue weighted by Crippen LogP contribution is 2.33. The summed E-state index contributed by atoms with van der Waals surface area (Å²) in [6.45, 7) is 5.48. The lowest BCUT2D eigenvalue weighted by Gasteiger charge is -2.07. The highest BCUT2D eigenvalue weighted by Gasteiger charge is 2.14. The van der Waals surface area contributed by atoms with Gasteiger partial charge in [-0.15, -0.1) is 0 Å². The van der Waals surface area contributed by atoms with E-state index in [1.165, 1.54) is 43.5 Å². The van der Waals surface area contributed by atoms with E-state index < -0.39 is 5.78 Å². The number of phenols is 3. The largest absolute Gasteiger partial charge is 0.507 e. The molecule has 2 aromatic rings. The topological polar surface area (TPSA) is 87.0 Å². The van der Waals surface area contributed by atoms with E-state index in [1.807, 2.05) is 0 Å². The Labute approximate surface area is 151 Å². The number of phenolic OH excluding ortho intramolecular Hbond substituents is 3. The van der Waals surface area contributed by atoms with Crippen LogP contribution in [0.2, 0.25) is 0 Å². The standard InChI is InChI=1S/C21H20O5/c1-13(2)4-8-16-19(23)11-9-17(21(16)25)18(22)10-6-14-5-7-15(26-3)12-20(14)24/h4-12,23-25H,1H2,2-3H3/b8-4+,10-6+. The summed E-state index contributed by atoms with van der Waals surface area (Å²) in [5.41, 5.74) is 1.34.